The summed E-state index contributed by atoms with van der Waals surface area (Å²) in [5, 5.41) is 0. The first kappa shape index (κ1) is 19.5. The zero-order valence-corrected chi connectivity index (χ0v) is 15.8. The molecule has 0 radical (unpaired) electrons. The molecule has 1 aromatic rings. The average molecular weight is 335 g/mol. The number of nitrogens with zero attached hydrogens (tertiary/aromatic N) is 2. The molecule has 0 amide bonds. The van der Waals surface area contributed by atoms with Gasteiger partial charge in [-0.05, 0) is 74.4 Å². The Bertz CT molecular complexity index is 614. The molecule has 0 N–H and O–H groups in total. The van der Waals surface area contributed by atoms with Crippen LogP contribution in [0.3, 0.4) is 0 Å². The van der Waals surface area contributed by atoms with Crippen LogP contribution in [-0.4, -0.2) is 12.1 Å². The third-order valence-electron chi connectivity index (χ3n) is 3.56. The number of hydrogen-bond acceptors (Lipinski definition) is 2. The first-order valence-electron chi connectivity index (χ1n) is 7.77. The maximum atomic E-state index is 13.7. The third-order valence-corrected chi connectivity index (χ3v) is 4.30. The van der Waals surface area contributed by atoms with Crippen molar-refractivity contribution in [3.63, 3.8) is 0 Å². The van der Waals surface area contributed by atoms with Gasteiger partial charge in [-0.15, -0.1) is 0 Å². The van der Waals surface area contributed by atoms with E-state index in [4.69, 9.17) is 0 Å². The van der Waals surface area contributed by atoms with E-state index in [9.17, 15) is 4.39 Å². The molecule has 0 aromatic heterocycles. The van der Waals surface area contributed by atoms with E-state index in [1.807, 2.05) is 19.2 Å². The van der Waals surface area contributed by atoms with Crippen LogP contribution in [0.2, 0.25) is 0 Å². The lowest BCUT2D eigenvalue weighted by Crippen LogP contribution is -2.26. The minimum absolute atomic E-state index is 0.202. The molecule has 0 heterocycles. The molecule has 0 saturated carbocycles. The molecule has 0 bridgehead atoms. The molecular weight excluding hydrogens is 307 g/mol. The van der Waals surface area contributed by atoms with Gasteiger partial charge in [0.05, 0.1) is 5.69 Å². The summed E-state index contributed by atoms with van der Waals surface area (Å²) in [5.74, 6) is 1.08. The Labute approximate surface area is 144 Å². The van der Waals surface area contributed by atoms with Gasteiger partial charge in [0.1, 0.15) is 11.7 Å². The Morgan fingerprint density at radius 2 is 2.00 bits per heavy atom. The molecule has 0 unspecified atom stereocenters. The zero-order valence-electron chi connectivity index (χ0n) is 15.0. The van der Waals surface area contributed by atoms with Gasteiger partial charge in [0.2, 0.25) is 0 Å². The molecule has 0 aliphatic rings. The van der Waals surface area contributed by atoms with E-state index in [0.717, 1.165) is 29.1 Å². The minimum Gasteiger partial charge on any atom is -0.268 e. The summed E-state index contributed by atoms with van der Waals surface area (Å²) >= 11 is 1.56. The van der Waals surface area contributed by atoms with Crippen LogP contribution in [-0.2, 0) is 6.42 Å². The van der Waals surface area contributed by atoms with Crippen LogP contribution in [0.4, 0.5) is 10.1 Å². The molecule has 0 aliphatic carbocycles. The van der Waals surface area contributed by atoms with Crippen molar-refractivity contribution in [1.29, 1.82) is 0 Å². The molecule has 0 spiro atoms. The van der Waals surface area contributed by atoms with E-state index in [0.29, 0.717) is 5.92 Å². The van der Waals surface area contributed by atoms with Crippen LogP contribution in [0, 0.1) is 11.7 Å². The molecule has 0 aliphatic heterocycles. The van der Waals surface area contributed by atoms with E-state index in [2.05, 4.69) is 43.6 Å². The summed E-state index contributed by atoms with van der Waals surface area (Å²) in [6, 6.07) is 4.97. The van der Waals surface area contributed by atoms with Gasteiger partial charge < -0.3 is 0 Å². The molecule has 4 heteroatoms. The van der Waals surface area contributed by atoms with Crippen molar-refractivity contribution in [3.8, 4) is 0 Å². The molecule has 1 rings (SSSR count). The van der Waals surface area contributed by atoms with Gasteiger partial charge in [0, 0.05) is 12.5 Å². The first-order valence-corrected chi connectivity index (χ1v) is 8.95. The predicted octanol–water partition coefficient (Wildman–Crippen LogP) is 6.01. The SMILES string of the molecule is C=CN=C(C(C)=C(C)C)N(SC)c1ccc(F)cc1CC(C)C. The standard InChI is InChI=1S/C19H27FN2S/c1-8-21-19(15(6)14(4)5)22(23-7)18-10-9-17(20)12-16(18)11-13(2)3/h8-10,12-13H,1,11H2,2-7H3. The second-order valence-corrected chi connectivity index (χ2v) is 6.84. The largest absolute Gasteiger partial charge is 0.268 e. The van der Waals surface area contributed by atoms with Crippen LogP contribution >= 0.6 is 11.9 Å². The number of benzene rings is 1. The lowest BCUT2D eigenvalue weighted by molar-refractivity contribution is 0.613. The van der Waals surface area contributed by atoms with Crippen molar-refractivity contribution < 1.29 is 4.39 Å². The Balaban J connectivity index is 3.47. The van der Waals surface area contributed by atoms with Crippen molar-refractivity contribution >= 4 is 23.5 Å². The third kappa shape index (κ3) is 5.24. The monoisotopic (exact) mass is 334 g/mol. The summed E-state index contributed by atoms with van der Waals surface area (Å²) in [6.07, 6.45) is 4.37. The summed E-state index contributed by atoms with van der Waals surface area (Å²) in [6.45, 7) is 14.2. The number of amidine groups is 1. The highest BCUT2D eigenvalue weighted by Gasteiger charge is 2.19. The van der Waals surface area contributed by atoms with Crippen LogP contribution in [0.15, 0.2) is 47.1 Å². The smallest absolute Gasteiger partial charge is 0.145 e. The molecular formula is C19H27FN2S. The zero-order chi connectivity index (χ0) is 17.6. The van der Waals surface area contributed by atoms with Crippen LogP contribution < -0.4 is 4.31 Å². The van der Waals surface area contributed by atoms with E-state index in [1.165, 1.54) is 11.6 Å². The topological polar surface area (TPSA) is 15.6 Å². The Hall–Kier alpha value is -1.55. The van der Waals surface area contributed by atoms with Gasteiger partial charge in [-0.2, -0.15) is 0 Å². The second-order valence-electron chi connectivity index (χ2n) is 6.11. The predicted molar refractivity (Wildman–Crippen MR) is 103 cm³/mol. The van der Waals surface area contributed by atoms with Crippen molar-refractivity contribution in [3.05, 3.63) is 53.5 Å². The Morgan fingerprint density at radius 1 is 1.35 bits per heavy atom. The summed E-state index contributed by atoms with van der Waals surface area (Å²) in [4.78, 5) is 4.47. The molecule has 1 aromatic carbocycles. The van der Waals surface area contributed by atoms with Gasteiger partial charge in [-0.1, -0.05) is 26.0 Å². The maximum Gasteiger partial charge on any atom is 0.145 e. The molecule has 0 fully saturated rings. The quantitative estimate of drug-likeness (QED) is 0.360. The van der Waals surface area contributed by atoms with Gasteiger partial charge in [0.25, 0.3) is 0 Å². The Morgan fingerprint density at radius 3 is 2.48 bits per heavy atom. The lowest BCUT2D eigenvalue weighted by Gasteiger charge is -2.27. The Kier molecular flexibility index (Phi) is 7.56. The molecule has 126 valence electrons. The maximum absolute atomic E-state index is 13.7. The van der Waals surface area contributed by atoms with Gasteiger partial charge in [-0.3, -0.25) is 4.31 Å². The number of aliphatic imine (C=N–C) groups is 1. The molecule has 0 saturated heterocycles. The second kappa shape index (κ2) is 8.92. The number of allylic oxidation sites excluding steroid dienone is 1. The number of anilines is 1. The van der Waals surface area contributed by atoms with E-state index in [-0.39, 0.29) is 5.82 Å². The van der Waals surface area contributed by atoms with E-state index in [1.54, 1.807) is 24.2 Å². The summed E-state index contributed by atoms with van der Waals surface area (Å²) in [5.41, 5.74) is 4.26. The number of hydrogen-bond donors (Lipinski definition) is 0. The minimum atomic E-state index is -0.202. The van der Waals surface area contributed by atoms with Gasteiger partial charge >= 0.3 is 0 Å². The summed E-state index contributed by atoms with van der Waals surface area (Å²) < 4.78 is 15.8. The van der Waals surface area contributed by atoms with Crippen molar-refractivity contribution in [2.45, 2.75) is 41.0 Å². The van der Waals surface area contributed by atoms with Crippen molar-refractivity contribution in [1.82, 2.24) is 0 Å². The van der Waals surface area contributed by atoms with E-state index >= 15 is 0 Å². The fourth-order valence-electron chi connectivity index (χ4n) is 2.27. The lowest BCUT2D eigenvalue weighted by atomic mass is 10.0. The van der Waals surface area contributed by atoms with Gasteiger partial charge in [-0.25, -0.2) is 9.38 Å². The van der Waals surface area contributed by atoms with E-state index < -0.39 is 0 Å². The highest BCUT2D eigenvalue weighted by atomic mass is 32.2. The van der Waals surface area contributed by atoms with Crippen molar-refractivity contribution in [2.75, 3.05) is 10.6 Å². The average Bonchev–Trinajstić information content (AvgIpc) is 2.47. The van der Waals surface area contributed by atoms with Crippen LogP contribution in [0.5, 0.6) is 0 Å². The fraction of sp³-hybridized carbons (Fsp3) is 0.421. The van der Waals surface area contributed by atoms with Crippen LogP contribution in [0.1, 0.15) is 40.2 Å². The number of halogens is 1. The fourth-order valence-corrected chi connectivity index (χ4v) is 3.00. The normalized spacial score (nSPS) is 11.6. The highest BCUT2D eigenvalue weighted by molar-refractivity contribution is 8.00. The van der Waals surface area contributed by atoms with Crippen molar-refractivity contribution in [2.24, 2.45) is 10.9 Å². The van der Waals surface area contributed by atoms with Crippen LogP contribution in [0.25, 0.3) is 0 Å². The molecule has 2 nitrogen and oxygen atoms in total. The van der Waals surface area contributed by atoms with Gasteiger partial charge in [0.15, 0.2) is 0 Å². The molecule has 23 heavy (non-hydrogen) atoms. The molecule has 0 atom stereocenters. The highest BCUT2D eigenvalue weighted by Crippen LogP contribution is 2.31. The summed E-state index contributed by atoms with van der Waals surface area (Å²) in [7, 11) is 0. The first-order chi connectivity index (χ1) is 10.8. The number of rotatable bonds is 6.